The first-order valence-corrected chi connectivity index (χ1v) is 15.7. The van der Waals surface area contributed by atoms with Gasteiger partial charge in [0.2, 0.25) is 5.91 Å². The molecule has 11 heteroatoms. The fourth-order valence-corrected chi connectivity index (χ4v) is 7.85. The first kappa shape index (κ1) is 25.2. The van der Waals surface area contributed by atoms with Crippen molar-refractivity contribution in [3.8, 4) is 10.4 Å². The van der Waals surface area contributed by atoms with Gasteiger partial charge in [-0.15, -0.1) is 11.3 Å². The molecule has 36 heavy (non-hydrogen) atoms. The third-order valence-electron chi connectivity index (χ3n) is 7.50. The first-order chi connectivity index (χ1) is 17.0. The number of aryl methyl sites for hydroxylation is 1. The number of rotatable bonds is 5. The lowest BCUT2D eigenvalue weighted by Gasteiger charge is -2.35. The van der Waals surface area contributed by atoms with E-state index in [2.05, 4.69) is 15.3 Å². The lowest BCUT2D eigenvalue weighted by Crippen LogP contribution is -2.54. The SMILES string of the molecule is Cc1ncsc1-c1ccc([C@]2(C)NC([C@H]3C[C@@H](O)CN3C(=O)[C@H]3CCCN3[SH](C)(C)=O)=NC2=O)cc1. The van der Waals surface area contributed by atoms with Gasteiger partial charge in [-0.1, -0.05) is 34.4 Å². The van der Waals surface area contributed by atoms with Gasteiger partial charge in [0.15, 0.2) is 0 Å². The Morgan fingerprint density at radius 1 is 1.28 bits per heavy atom. The number of thiazole rings is 1. The largest absolute Gasteiger partial charge is 0.391 e. The molecule has 194 valence electrons. The van der Waals surface area contributed by atoms with Gasteiger partial charge in [-0.2, -0.15) is 4.99 Å². The van der Waals surface area contributed by atoms with E-state index in [0.717, 1.165) is 28.1 Å². The predicted octanol–water partition coefficient (Wildman–Crippen LogP) is 1.48. The molecule has 9 nitrogen and oxygen atoms in total. The molecule has 2 aromatic rings. The minimum Gasteiger partial charge on any atom is -0.391 e. The van der Waals surface area contributed by atoms with Crippen molar-refractivity contribution in [1.82, 2.24) is 19.5 Å². The monoisotopic (exact) mass is 531 g/mol. The van der Waals surface area contributed by atoms with E-state index in [1.54, 1.807) is 35.7 Å². The molecule has 3 aliphatic rings. The van der Waals surface area contributed by atoms with Crippen LogP contribution in [0.1, 0.15) is 37.4 Å². The molecule has 2 fully saturated rings. The van der Waals surface area contributed by atoms with E-state index >= 15 is 0 Å². The number of benzene rings is 1. The number of β-amino-alcohol motifs (C(OH)–C–C–N with tert-alkyl or cyclic N) is 1. The highest BCUT2D eigenvalue weighted by molar-refractivity contribution is 7.99. The summed E-state index contributed by atoms with van der Waals surface area (Å²) in [5, 5.41) is 13.8. The summed E-state index contributed by atoms with van der Waals surface area (Å²) in [6.45, 7) is 4.55. The highest BCUT2D eigenvalue weighted by atomic mass is 32.3. The molecule has 1 aromatic heterocycles. The number of aromatic nitrogens is 1. The zero-order chi connectivity index (χ0) is 25.8. The number of carbonyl (C=O) groups excluding carboxylic acids is 2. The number of hydrogen-bond donors (Lipinski definition) is 3. The number of nitrogens with zero attached hydrogens (tertiary/aromatic N) is 4. The molecule has 3 aliphatic heterocycles. The van der Waals surface area contributed by atoms with Crippen molar-refractivity contribution in [1.29, 1.82) is 0 Å². The third-order valence-corrected chi connectivity index (χ3v) is 10.2. The summed E-state index contributed by atoms with van der Waals surface area (Å²) in [5.74, 6) is -0.0922. The van der Waals surface area contributed by atoms with E-state index in [1.165, 1.54) is 0 Å². The molecular weight excluding hydrogens is 498 g/mol. The molecule has 4 heterocycles. The zero-order valence-corrected chi connectivity index (χ0v) is 22.7. The number of carbonyl (C=O) groups is 2. The number of thiol groups is 1. The molecule has 2 saturated heterocycles. The molecule has 0 radical (unpaired) electrons. The number of likely N-dealkylation sites (tertiary alicyclic amines) is 1. The summed E-state index contributed by atoms with van der Waals surface area (Å²) in [4.78, 5) is 38.1. The number of nitrogens with one attached hydrogen (secondary N) is 1. The standard InChI is InChI=1S/C25H33N5O4S2/c1-15-21(35-14-26-15)16-7-9-17(10-8-16)25(2)24(33)27-22(28-25)20-12-18(31)13-29(20)23(32)19-6-5-11-30(19)36(3,4)34/h7-10,14,18-20,31,36H,5-6,11-13H2,1-4H3,(H,27,28,33)/t18-,19-,20-,25+/m1/s1. The van der Waals surface area contributed by atoms with E-state index in [-0.39, 0.29) is 18.4 Å². The molecule has 0 bridgehead atoms. The van der Waals surface area contributed by atoms with Gasteiger partial charge < -0.3 is 15.3 Å². The first-order valence-electron chi connectivity index (χ1n) is 12.2. The van der Waals surface area contributed by atoms with Gasteiger partial charge in [0.1, 0.15) is 11.4 Å². The van der Waals surface area contributed by atoms with Crippen molar-refractivity contribution in [2.45, 2.75) is 56.8 Å². The van der Waals surface area contributed by atoms with Crippen LogP contribution in [0, 0.1) is 6.92 Å². The Morgan fingerprint density at radius 3 is 2.64 bits per heavy atom. The van der Waals surface area contributed by atoms with E-state index in [4.69, 9.17) is 0 Å². The molecular formula is C25H33N5O4S2. The number of aliphatic imine (C=N–C) groups is 1. The smallest absolute Gasteiger partial charge is 0.277 e. The minimum absolute atomic E-state index is 0.159. The molecule has 0 spiro atoms. The quantitative estimate of drug-likeness (QED) is 0.504. The van der Waals surface area contributed by atoms with Crippen LogP contribution in [0.15, 0.2) is 34.8 Å². The van der Waals surface area contributed by atoms with E-state index in [0.29, 0.717) is 25.2 Å². The number of amidine groups is 1. The van der Waals surface area contributed by atoms with Crippen LogP contribution in [-0.4, -0.2) is 84.9 Å². The van der Waals surface area contributed by atoms with Crippen molar-refractivity contribution >= 4 is 39.1 Å². The van der Waals surface area contributed by atoms with Gasteiger partial charge in [-0.05, 0) is 37.8 Å². The van der Waals surface area contributed by atoms with Crippen LogP contribution in [-0.2, 0) is 25.2 Å². The van der Waals surface area contributed by atoms with Crippen molar-refractivity contribution < 1.29 is 18.9 Å². The van der Waals surface area contributed by atoms with E-state index in [9.17, 15) is 18.9 Å². The maximum Gasteiger partial charge on any atom is 0.277 e. The van der Waals surface area contributed by atoms with Crippen LogP contribution >= 0.6 is 11.3 Å². The number of aliphatic hydroxyl groups is 1. The second-order valence-electron chi connectivity index (χ2n) is 10.4. The number of amides is 2. The zero-order valence-electron chi connectivity index (χ0n) is 21.0. The molecule has 1 aromatic carbocycles. The fraction of sp³-hybridized carbons (Fsp3) is 0.520. The average Bonchev–Trinajstić information content (AvgIpc) is 3.60. The second-order valence-corrected chi connectivity index (χ2v) is 14.4. The third kappa shape index (κ3) is 4.31. The summed E-state index contributed by atoms with van der Waals surface area (Å²) >= 11 is 1.57. The van der Waals surface area contributed by atoms with Crippen molar-refractivity contribution in [2.75, 3.05) is 25.6 Å². The molecule has 4 atom stereocenters. The van der Waals surface area contributed by atoms with E-state index in [1.807, 2.05) is 41.0 Å². The van der Waals surface area contributed by atoms with Gasteiger partial charge in [-0.3, -0.25) is 13.8 Å². The Balaban J connectivity index is 1.37. The Kier molecular flexibility index (Phi) is 6.39. The molecule has 0 unspecified atom stereocenters. The Hall–Kier alpha value is -2.47. The molecule has 2 amide bonds. The Labute approximate surface area is 216 Å². The number of hydrogen-bond acceptors (Lipinski definition) is 7. The lowest BCUT2D eigenvalue weighted by molar-refractivity contribution is -0.134. The molecule has 2 N–H and O–H groups in total. The van der Waals surface area contributed by atoms with Gasteiger partial charge in [-0.25, -0.2) is 9.29 Å². The van der Waals surface area contributed by atoms with Crippen molar-refractivity contribution in [3.63, 3.8) is 0 Å². The number of aliphatic hydroxyl groups excluding tert-OH is 1. The van der Waals surface area contributed by atoms with Gasteiger partial charge in [0, 0.05) is 32.0 Å². The van der Waals surface area contributed by atoms with Crippen LogP contribution in [0.25, 0.3) is 10.4 Å². The van der Waals surface area contributed by atoms with Crippen LogP contribution in [0.3, 0.4) is 0 Å². The summed E-state index contributed by atoms with van der Waals surface area (Å²) in [6, 6.07) is 6.78. The summed E-state index contributed by atoms with van der Waals surface area (Å²) < 4.78 is 14.6. The van der Waals surface area contributed by atoms with Crippen LogP contribution < -0.4 is 5.32 Å². The Bertz CT molecular complexity index is 1270. The van der Waals surface area contributed by atoms with Crippen LogP contribution in [0.2, 0.25) is 0 Å². The maximum atomic E-state index is 13.6. The van der Waals surface area contributed by atoms with Crippen molar-refractivity contribution in [2.24, 2.45) is 4.99 Å². The van der Waals surface area contributed by atoms with E-state index < -0.39 is 33.8 Å². The summed E-state index contributed by atoms with van der Waals surface area (Å²) in [5.41, 5.74) is 3.52. The Morgan fingerprint density at radius 2 is 2.00 bits per heavy atom. The maximum absolute atomic E-state index is 13.6. The molecule has 5 rings (SSSR count). The predicted molar refractivity (Wildman–Crippen MR) is 142 cm³/mol. The molecule has 0 saturated carbocycles. The summed E-state index contributed by atoms with van der Waals surface area (Å²) in [6.07, 6.45) is 4.39. The second kappa shape index (κ2) is 9.13. The minimum atomic E-state index is -2.60. The highest BCUT2D eigenvalue weighted by Gasteiger charge is 2.49. The van der Waals surface area contributed by atoms with Gasteiger partial charge in [0.25, 0.3) is 5.91 Å². The fourth-order valence-electron chi connectivity index (χ4n) is 5.53. The topological polar surface area (TPSA) is 115 Å². The van der Waals surface area contributed by atoms with Gasteiger partial charge in [0.05, 0.1) is 34.3 Å². The lowest BCUT2D eigenvalue weighted by atomic mass is 9.91. The normalized spacial score (nSPS) is 29.5. The molecule has 0 aliphatic carbocycles. The highest BCUT2D eigenvalue weighted by Crippen LogP contribution is 2.34. The average molecular weight is 532 g/mol. The summed E-state index contributed by atoms with van der Waals surface area (Å²) in [7, 11) is -2.60. The van der Waals surface area contributed by atoms with Crippen LogP contribution in [0.4, 0.5) is 0 Å². The van der Waals surface area contributed by atoms with Crippen LogP contribution in [0.5, 0.6) is 0 Å². The van der Waals surface area contributed by atoms with Gasteiger partial charge >= 0.3 is 0 Å². The van der Waals surface area contributed by atoms with Crippen molar-refractivity contribution in [3.05, 3.63) is 41.0 Å².